The van der Waals surface area contributed by atoms with Crippen molar-refractivity contribution in [1.82, 2.24) is 4.31 Å². The molecule has 0 aliphatic carbocycles. The minimum absolute atomic E-state index is 0.0334. The molecule has 1 aromatic heterocycles. The lowest BCUT2D eigenvalue weighted by molar-refractivity contribution is -0.0440. The van der Waals surface area contributed by atoms with E-state index in [1.807, 2.05) is 13.8 Å². The summed E-state index contributed by atoms with van der Waals surface area (Å²) in [7, 11) is -3.44. The van der Waals surface area contributed by atoms with Crippen LogP contribution >= 0.6 is 11.3 Å². The predicted molar refractivity (Wildman–Crippen MR) is 73.9 cm³/mol. The third kappa shape index (κ3) is 3.35. The molecule has 2 rings (SSSR count). The average molecular weight is 305 g/mol. The number of thiophene rings is 1. The Bertz CT molecular complexity index is 516. The van der Waals surface area contributed by atoms with E-state index in [0.29, 0.717) is 23.7 Å². The fourth-order valence-corrected chi connectivity index (χ4v) is 5.28. The molecule has 2 unspecified atom stereocenters. The number of morpholine rings is 1. The zero-order valence-electron chi connectivity index (χ0n) is 11.1. The second kappa shape index (κ2) is 5.88. The molecule has 0 spiro atoms. The molecule has 7 heteroatoms. The Morgan fingerprint density at radius 2 is 2.00 bits per heavy atom. The highest BCUT2D eigenvalue weighted by Gasteiger charge is 2.32. The second-order valence-electron chi connectivity index (χ2n) is 4.77. The Hall–Kier alpha value is -0.470. The van der Waals surface area contributed by atoms with Gasteiger partial charge in [-0.15, -0.1) is 11.3 Å². The van der Waals surface area contributed by atoms with Crippen LogP contribution in [0.5, 0.6) is 0 Å². The van der Waals surface area contributed by atoms with Gasteiger partial charge in [0.1, 0.15) is 4.21 Å². The van der Waals surface area contributed by atoms with Crippen LogP contribution < -0.4 is 0 Å². The van der Waals surface area contributed by atoms with Crippen molar-refractivity contribution in [3.05, 3.63) is 17.0 Å². The second-order valence-corrected chi connectivity index (χ2v) is 8.11. The van der Waals surface area contributed by atoms with Crippen molar-refractivity contribution in [1.29, 1.82) is 0 Å². The SMILES string of the molecule is CC1CN(S(=O)(=O)c2ccc(CCO)s2)CC(C)O1. The zero-order chi connectivity index (χ0) is 14.0. The third-order valence-corrected chi connectivity index (χ3v) is 6.42. The van der Waals surface area contributed by atoms with Crippen LogP contribution in [0.3, 0.4) is 0 Å². The minimum Gasteiger partial charge on any atom is -0.396 e. The Labute approximate surface area is 117 Å². The van der Waals surface area contributed by atoms with Crippen LogP contribution in [-0.4, -0.2) is 49.7 Å². The summed E-state index contributed by atoms with van der Waals surface area (Å²) in [4.78, 5) is 0.885. The molecule has 5 nitrogen and oxygen atoms in total. The van der Waals surface area contributed by atoms with Gasteiger partial charge < -0.3 is 9.84 Å². The number of aliphatic hydroxyl groups excluding tert-OH is 1. The highest BCUT2D eigenvalue weighted by molar-refractivity contribution is 7.91. The molecule has 0 aromatic carbocycles. The molecule has 0 amide bonds. The maximum absolute atomic E-state index is 12.5. The molecule has 1 aliphatic heterocycles. The molecular formula is C12H19NO4S2. The lowest BCUT2D eigenvalue weighted by Crippen LogP contribution is -2.47. The fourth-order valence-electron chi connectivity index (χ4n) is 2.20. The van der Waals surface area contributed by atoms with Crippen molar-refractivity contribution in [3.8, 4) is 0 Å². The van der Waals surface area contributed by atoms with Gasteiger partial charge in [-0.1, -0.05) is 0 Å². The smallest absolute Gasteiger partial charge is 0.252 e. The number of hydrogen-bond donors (Lipinski definition) is 1. The van der Waals surface area contributed by atoms with Gasteiger partial charge in [-0.2, -0.15) is 4.31 Å². The highest BCUT2D eigenvalue weighted by atomic mass is 32.2. The molecule has 2 atom stereocenters. The van der Waals surface area contributed by atoms with E-state index in [9.17, 15) is 8.42 Å². The summed E-state index contributed by atoms with van der Waals surface area (Å²) >= 11 is 1.23. The summed E-state index contributed by atoms with van der Waals surface area (Å²) in [5.41, 5.74) is 0. The average Bonchev–Trinajstić information content (AvgIpc) is 2.77. The highest BCUT2D eigenvalue weighted by Crippen LogP contribution is 2.27. The van der Waals surface area contributed by atoms with Crippen molar-refractivity contribution in [3.63, 3.8) is 0 Å². The molecule has 1 aromatic rings. The Kier molecular flexibility index (Phi) is 4.62. The summed E-state index contributed by atoms with van der Waals surface area (Å²) < 4.78 is 32.4. The van der Waals surface area contributed by atoms with Crippen LogP contribution in [0.15, 0.2) is 16.3 Å². The topological polar surface area (TPSA) is 66.8 Å². The first kappa shape index (κ1) is 14.9. The van der Waals surface area contributed by atoms with Crippen molar-refractivity contribution < 1.29 is 18.3 Å². The van der Waals surface area contributed by atoms with Crippen LogP contribution in [0.25, 0.3) is 0 Å². The van der Waals surface area contributed by atoms with Gasteiger partial charge in [0.05, 0.1) is 12.2 Å². The number of nitrogens with zero attached hydrogens (tertiary/aromatic N) is 1. The standard InChI is InChI=1S/C12H19NO4S2/c1-9-7-13(8-10(2)17-9)19(15,16)12-4-3-11(18-12)5-6-14/h3-4,9-10,14H,5-8H2,1-2H3. The molecule has 19 heavy (non-hydrogen) atoms. The van der Waals surface area contributed by atoms with E-state index in [2.05, 4.69) is 0 Å². The minimum atomic E-state index is -3.44. The van der Waals surface area contributed by atoms with Crippen LogP contribution in [-0.2, 0) is 21.2 Å². The van der Waals surface area contributed by atoms with E-state index in [4.69, 9.17) is 9.84 Å². The van der Waals surface area contributed by atoms with E-state index in [1.165, 1.54) is 15.6 Å². The molecule has 0 radical (unpaired) electrons. The molecule has 2 heterocycles. The zero-order valence-corrected chi connectivity index (χ0v) is 12.7. The summed E-state index contributed by atoms with van der Waals surface area (Å²) in [6.45, 7) is 4.57. The molecule has 1 N–H and O–H groups in total. The van der Waals surface area contributed by atoms with Gasteiger partial charge in [-0.3, -0.25) is 0 Å². The van der Waals surface area contributed by atoms with Crippen LogP contribution in [0.4, 0.5) is 0 Å². The van der Waals surface area contributed by atoms with E-state index >= 15 is 0 Å². The molecule has 1 aliphatic rings. The van der Waals surface area contributed by atoms with Crippen LogP contribution in [0.1, 0.15) is 18.7 Å². The maximum Gasteiger partial charge on any atom is 0.252 e. The quantitative estimate of drug-likeness (QED) is 0.904. The molecule has 0 saturated carbocycles. The summed E-state index contributed by atoms with van der Waals surface area (Å²) in [5, 5.41) is 8.88. The van der Waals surface area contributed by atoms with Crippen molar-refractivity contribution in [2.45, 2.75) is 36.7 Å². The largest absolute Gasteiger partial charge is 0.396 e. The normalized spacial score (nSPS) is 25.6. The number of sulfonamides is 1. The number of rotatable bonds is 4. The van der Waals surface area contributed by atoms with Gasteiger partial charge in [-0.05, 0) is 26.0 Å². The van der Waals surface area contributed by atoms with E-state index in [0.717, 1.165) is 4.88 Å². The van der Waals surface area contributed by atoms with Crippen molar-refractivity contribution >= 4 is 21.4 Å². The first-order valence-electron chi connectivity index (χ1n) is 6.28. The van der Waals surface area contributed by atoms with Crippen LogP contribution in [0, 0.1) is 0 Å². The van der Waals surface area contributed by atoms with Gasteiger partial charge in [0, 0.05) is 31.0 Å². The Balaban J connectivity index is 2.20. The van der Waals surface area contributed by atoms with E-state index < -0.39 is 10.0 Å². The Morgan fingerprint density at radius 3 is 2.58 bits per heavy atom. The number of aliphatic hydroxyl groups is 1. The monoisotopic (exact) mass is 305 g/mol. The lowest BCUT2D eigenvalue weighted by atomic mass is 10.3. The number of hydrogen-bond acceptors (Lipinski definition) is 5. The van der Waals surface area contributed by atoms with E-state index in [-0.39, 0.29) is 18.8 Å². The van der Waals surface area contributed by atoms with Crippen LogP contribution in [0.2, 0.25) is 0 Å². The van der Waals surface area contributed by atoms with E-state index in [1.54, 1.807) is 12.1 Å². The molecule has 0 bridgehead atoms. The first-order valence-corrected chi connectivity index (χ1v) is 8.54. The first-order chi connectivity index (χ1) is 8.93. The summed E-state index contributed by atoms with van der Waals surface area (Å²) in [6, 6.07) is 3.39. The molecule has 108 valence electrons. The van der Waals surface area contributed by atoms with Gasteiger partial charge >= 0.3 is 0 Å². The summed E-state index contributed by atoms with van der Waals surface area (Å²) in [6.07, 6.45) is 0.321. The predicted octanol–water partition coefficient (Wildman–Crippen LogP) is 1.08. The Morgan fingerprint density at radius 1 is 1.37 bits per heavy atom. The maximum atomic E-state index is 12.5. The van der Waals surface area contributed by atoms with Crippen molar-refractivity contribution in [2.75, 3.05) is 19.7 Å². The molecule has 1 fully saturated rings. The van der Waals surface area contributed by atoms with Gasteiger partial charge in [0.2, 0.25) is 0 Å². The fraction of sp³-hybridized carbons (Fsp3) is 0.667. The van der Waals surface area contributed by atoms with Crippen molar-refractivity contribution in [2.24, 2.45) is 0 Å². The van der Waals surface area contributed by atoms with Gasteiger partial charge in [0.25, 0.3) is 10.0 Å². The summed E-state index contributed by atoms with van der Waals surface area (Å²) in [5.74, 6) is 0. The van der Waals surface area contributed by atoms with Gasteiger partial charge in [-0.25, -0.2) is 8.42 Å². The lowest BCUT2D eigenvalue weighted by Gasteiger charge is -2.34. The number of ether oxygens (including phenoxy) is 1. The van der Waals surface area contributed by atoms with Gasteiger partial charge in [0.15, 0.2) is 0 Å². The molecule has 1 saturated heterocycles. The molecular weight excluding hydrogens is 286 g/mol. The third-order valence-electron chi connectivity index (χ3n) is 2.98.